The van der Waals surface area contributed by atoms with Crippen molar-refractivity contribution in [2.24, 2.45) is 7.05 Å². The Bertz CT molecular complexity index is 997. The molecule has 4 aromatic rings. The summed E-state index contributed by atoms with van der Waals surface area (Å²) in [6, 6.07) is 13.7. The second-order valence-electron chi connectivity index (χ2n) is 5.18. The van der Waals surface area contributed by atoms with Crippen LogP contribution in [0.25, 0.3) is 31.4 Å². The lowest BCUT2D eigenvalue weighted by Crippen LogP contribution is -1.98. The summed E-state index contributed by atoms with van der Waals surface area (Å²) in [6.07, 6.45) is 1.71. The average molecular weight is 308 g/mol. The zero-order chi connectivity index (χ0) is 15.3. The van der Waals surface area contributed by atoms with Gasteiger partial charge in [0.25, 0.3) is 0 Å². The average Bonchev–Trinajstić information content (AvgIpc) is 3.10. The van der Waals surface area contributed by atoms with Gasteiger partial charge in [-0.1, -0.05) is 18.2 Å². The Morgan fingerprint density at radius 1 is 1.18 bits per heavy atom. The standard InChI is InChI=1S/C17H12N2O2S/c1-19-16-12(9-18-19)6-11(17(20)21)7-13(16)15-8-10-4-2-3-5-14(10)22-15/h2-9H,1H3,(H,20,21). The van der Waals surface area contributed by atoms with Crippen LogP contribution in [0.5, 0.6) is 0 Å². The Balaban J connectivity index is 2.07. The number of aromatic nitrogens is 2. The molecule has 0 radical (unpaired) electrons. The lowest BCUT2D eigenvalue weighted by Gasteiger charge is -2.05. The van der Waals surface area contributed by atoms with E-state index in [0.29, 0.717) is 0 Å². The van der Waals surface area contributed by atoms with Crippen LogP contribution in [-0.4, -0.2) is 20.9 Å². The van der Waals surface area contributed by atoms with Gasteiger partial charge in [-0.3, -0.25) is 4.68 Å². The number of rotatable bonds is 2. The van der Waals surface area contributed by atoms with Crippen LogP contribution in [0, 0.1) is 0 Å². The van der Waals surface area contributed by atoms with Crippen LogP contribution >= 0.6 is 11.3 Å². The fourth-order valence-electron chi connectivity index (χ4n) is 2.75. The maximum absolute atomic E-state index is 11.4. The van der Waals surface area contributed by atoms with E-state index in [1.165, 1.54) is 10.1 Å². The number of carboxylic acids is 1. The number of carbonyl (C=O) groups is 1. The van der Waals surface area contributed by atoms with Gasteiger partial charge in [-0.15, -0.1) is 11.3 Å². The minimum absolute atomic E-state index is 0.285. The maximum Gasteiger partial charge on any atom is 0.335 e. The zero-order valence-corrected chi connectivity index (χ0v) is 12.6. The van der Waals surface area contributed by atoms with E-state index in [4.69, 9.17) is 0 Å². The number of hydrogen-bond acceptors (Lipinski definition) is 3. The van der Waals surface area contributed by atoms with Gasteiger partial charge in [-0.05, 0) is 29.7 Å². The highest BCUT2D eigenvalue weighted by Crippen LogP contribution is 2.37. The summed E-state index contributed by atoms with van der Waals surface area (Å²) >= 11 is 1.66. The molecule has 2 aromatic heterocycles. The first-order valence-corrected chi connectivity index (χ1v) is 7.63. The van der Waals surface area contributed by atoms with Crippen LogP contribution in [0.15, 0.2) is 48.7 Å². The molecular formula is C17H12N2O2S. The summed E-state index contributed by atoms with van der Waals surface area (Å²) in [5.74, 6) is -0.923. The topological polar surface area (TPSA) is 55.1 Å². The molecule has 0 aliphatic heterocycles. The van der Waals surface area contributed by atoms with Gasteiger partial charge < -0.3 is 5.11 Å². The Morgan fingerprint density at radius 3 is 2.77 bits per heavy atom. The highest BCUT2D eigenvalue weighted by molar-refractivity contribution is 7.22. The van der Waals surface area contributed by atoms with Crippen LogP contribution < -0.4 is 0 Å². The van der Waals surface area contributed by atoms with Crippen molar-refractivity contribution < 1.29 is 9.90 Å². The van der Waals surface area contributed by atoms with Crippen molar-refractivity contribution >= 4 is 38.3 Å². The smallest absolute Gasteiger partial charge is 0.335 e. The summed E-state index contributed by atoms with van der Waals surface area (Å²) < 4.78 is 2.98. The van der Waals surface area contributed by atoms with E-state index in [2.05, 4.69) is 23.3 Å². The molecule has 0 amide bonds. The largest absolute Gasteiger partial charge is 0.478 e. The van der Waals surface area contributed by atoms with Crippen molar-refractivity contribution in [2.75, 3.05) is 0 Å². The van der Waals surface area contributed by atoms with Gasteiger partial charge in [0, 0.05) is 27.6 Å². The molecule has 2 heterocycles. The van der Waals surface area contributed by atoms with Gasteiger partial charge in [0.15, 0.2) is 0 Å². The Kier molecular flexibility index (Phi) is 2.77. The predicted molar refractivity (Wildman–Crippen MR) is 88.5 cm³/mol. The molecule has 4 nitrogen and oxygen atoms in total. The second kappa shape index (κ2) is 4.68. The molecule has 0 aliphatic rings. The summed E-state index contributed by atoms with van der Waals surface area (Å²) in [4.78, 5) is 12.4. The number of benzene rings is 2. The molecule has 0 saturated carbocycles. The number of carboxylic acid groups (broad SMARTS) is 1. The zero-order valence-electron chi connectivity index (χ0n) is 11.8. The van der Waals surface area contributed by atoms with Gasteiger partial charge in [-0.2, -0.15) is 5.10 Å². The Morgan fingerprint density at radius 2 is 2.00 bits per heavy atom. The minimum atomic E-state index is -0.923. The minimum Gasteiger partial charge on any atom is -0.478 e. The van der Waals surface area contributed by atoms with Crippen molar-refractivity contribution in [1.29, 1.82) is 0 Å². The molecular weight excluding hydrogens is 296 g/mol. The molecule has 2 aromatic carbocycles. The van der Waals surface area contributed by atoms with Gasteiger partial charge in [-0.25, -0.2) is 4.79 Å². The first-order valence-electron chi connectivity index (χ1n) is 6.81. The van der Waals surface area contributed by atoms with Crippen LogP contribution in [0.3, 0.4) is 0 Å². The molecule has 1 N–H and O–H groups in total. The van der Waals surface area contributed by atoms with Gasteiger partial charge in [0.1, 0.15) is 0 Å². The first kappa shape index (κ1) is 13.0. The molecule has 4 rings (SSSR count). The van der Waals surface area contributed by atoms with Crippen LogP contribution in [0.2, 0.25) is 0 Å². The van der Waals surface area contributed by atoms with E-state index in [0.717, 1.165) is 21.3 Å². The SMILES string of the molecule is Cn1ncc2cc(C(=O)O)cc(-c3cc4ccccc4s3)c21. The summed E-state index contributed by atoms with van der Waals surface area (Å²) in [5.41, 5.74) is 2.15. The summed E-state index contributed by atoms with van der Waals surface area (Å²) in [7, 11) is 1.87. The molecule has 0 spiro atoms. The number of aromatic carboxylic acids is 1. The van der Waals surface area contributed by atoms with Crippen molar-refractivity contribution in [2.45, 2.75) is 0 Å². The van der Waals surface area contributed by atoms with E-state index in [9.17, 15) is 9.90 Å². The molecule has 0 fully saturated rings. The monoisotopic (exact) mass is 308 g/mol. The number of fused-ring (bicyclic) bond motifs is 2. The highest BCUT2D eigenvalue weighted by atomic mass is 32.1. The van der Waals surface area contributed by atoms with E-state index < -0.39 is 5.97 Å². The molecule has 5 heteroatoms. The van der Waals surface area contributed by atoms with Crippen molar-refractivity contribution in [3.63, 3.8) is 0 Å². The number of thiophene rings is 1. The molecule has 22 heavy (non-hydrogen) atoms. The van der Waals surface area contributed by atoms with Gasteiger partial charge >= 0.3 is 5.97 Å². The maximum atomic E-state index is 11.4. The molecule has 0 unspecified atom stereocenters. The lowest BCUT2D eigenvalue weighted by atomic mass is 10.0. The number of aryl methyl sites for hydroxylation is 1. The summed E-state index contributed by atoms with van der Waals surface area (Å²) in [6.45, 7) is 0. The number of hydrogen-bond donors (Lipinski definition) is 1. The molecule has 0 aliphatic carbocycles. The molecule has 0 bridgehead atoms. The fourth-order valence-corrected chi connectivity index (χ4v) is 3.83. The van der Waals surface area contributed by atoms with Gasteiger partial charge in [0.2, 0.25) is 0 Å². The molecule has 108 valence electrons. The third-order valence-electron chi connectivity index (χ3n) is 3.77. The quantitative estimate of drug-likeness (QED) is 0.605. The van der Waals surface area contributed by atoms with E-state index in [1.54, 1.807) is 34.3 Å². The number of nitrogens with zero attached hydrogens (tertiary/aromatic N) is 2. The lowest BCUT2D eigenvalue weighted by molar-refractivity contribution is 0.0697. The van der Waals surface area contributed by atoms with Crippen LogP contribution in [0.1, 0.15) is 10.4 Å². The second-order valence-corrected chi connectivity index (χ2v) is 6.27. The first-order chi connectivity index (χ1) is 10.6. The van der Waals surface area contributed by atoms with Crippen molar-refractivity contribution in [1.82, 2.24) is 9.78 Å². The van der Waals surface area contributed by atoms with E-state index in [-0.39, 0.29) is 5.56 Å². The van der Waals surface area contributed by atoms with Crippen molar-refractivity contribution in [3.05, 3.63) is 54.2 Å². The Hall–Kier alpha value is -2.66. The normalized spacial score (nSPS) is 11.3. The Labute approximate surface area is 130 Å². The third-order valence-corrected chi connectivity index (χ3v) is 4.92. The fraction of sp³-hybridized carbons (Fsp3) is 0.0588. The third kappa shape index (κ3) is 1.90. The van der Waals surface area contributed by atoms with E-state index >= 15 is 0 Å². The summed E-state index contributed by atoms with van der Waals surface area (Å²) in [5, 5.41) is 15.6. The van der Waals surface area contributed by atoms with E-state index in [1.807, 2.05) is 19.2 Å². The highest BCUT2D eigenvalue weighted by Gasteiger charge is 2.15. The van der Waals surface area contributed by atoms with Crippen LogP contribution in [-0.2, 0) is 7.05 Å². The molecule has 0 atom stereocenters. The van der Waals surface area contributed by atoms with Crippen molar-refractivity contribution in [3.8, 4) is 10.4 Å². The molecule has 0 saturated heterocycles. The predicted octanol–water partition coefficient (Wildman–Crippen LogP) is 4.15. The van der Waals surface area contributed by atoms with Crippen LogP contribution in [0.4, 0.5) is 0 Å². The van der Waals surface area contributed by atoms with Gasteiger partial charge in [0.05, 0.1) is 17.3 Å².